The molecule has 0 saturated carbocycles. The van der Waals surface area contributed by atoms with Crippen LogP contribution in [0.15, 0.2) is 16.7 Å². The van der Waals surface area contributed by atoms with Gasteiger partial charge in [-0.15, -0.1) is 0 Å². The van der Waals surface area contributed by atoms with Gasteiger partial charge in [0.1, 0.15) is 10.2 Å². The molecule has 18 heavy (non-hydrogen) atoms. The lowest BCUT2D eigenvalue weighted by Crippen LogP contribution is -2.48. The van der Waals surface area contributed by atoms with Crippen LogP contribution in [0, 0.1) is 0 Å². The van der Waals surface area contributed by atoms with Crippen molar-refractivity contribution in [3.8, 4) is 5.88 Å². The van der Waals surface area contributed by atoms with E-state index in [2.05, 4.69) is 20.9 Å². The van der Waals surface area contributed by atoms with Crippen molar-refractivity contribution in [3.05, 3.63) is 22.3 Å². The van der Waals surface area contributed by atoms with Gasteiger partial charge in [-0.05, 0) is 22.0 Å². The molecule has 6 heteroatoms. The molecule has 2 aliphatic rings. The number of carbonyl (C=O) groups is 1. The molecular weight excluding hydrogens is 300 g/mol. The smallest absolute Gasteiger partial charge is 0.407 e. The van der Waals surface area contributed by atoms with Crippen molar-refractivity contribution in [2.75, 3.05) is 13.1 Å². The zero-order valence-corrected chi connectivity index (χ0v) is 11.3. The molecule has 0 atom stereocenters. The third-order valence-corrected chi connectivity index (χ3v) is 4.12. The molecule has 1 spiro atoms. The van der Waals surface area contributed by atoms with Crippen molar-refractivity contribution in [3.63, 3.8) is 0 Å². The summed E-state index contributed by atoms with van der Waals surface area (Å²) in [5.41, 5.74) is 0.865. The molecule has 1 aromatic heterocycles. The summed E-state index contributed by atoms with van der Waals surface area (Å²) in [4.78, 5) is 16.7. The quantitative estimate of drug-likeness (QED) is 0.747. The Morgan fingerprint density at radius 2 is 2.17 bits per heavy atom. The summed E-state index contributed by atoms with van der Waals surface area (Å²) >= 11 is 3.33. The second-order valence-electron chi connectivity index (χ2n) is 4.83. The van der Waals surface area contributed by atoms with Gasteiger partial charge < -0.3 is 14.7 Å². The molecule has 0 bridgehead atoms. The highest BCUT2D eigenvalue weighted by molar-refractivity contribution is 9.10. The zero-order chi connectivity index (χ0) is 12.8. The molecule has 1 aromatic rings. The average molecular weight is 313 g/mol. The molecule has 0 aliphatic carbocycles. The van der Waals surface area contributed by atoms with E-state index in [1.807, 2.05) is 12.1 Å². The Labute approximate surface area is 113 Å². The number of likely N-dealkylation sites (tertiary alicyclic amines) is 1. The van der Waals surface area contributed by atoms with Gasteiger partial charge in [-0.1, -0.05) is 6.07 Å². The maximum atomic E-state index is 10.9. The summed E-state index contributed by atoms with van der Waals surface area (Å²) < 4.78 is 6.75. The topological polar surface area (TPSA) is 62.7 Å². The van der Waals surface area contributed by atoms with E-state index in [9.17, 15) is 4.79 Å². The van der Waals surface area contributed by atoms with E-state index in [0.717, 1.165) is 29.4 Å². The van der Waals surface area contributed by atoms with Crippen LogP contribution >= 0.6 is 15.9 Å². The third-order valence-electron chi connectivity index (χ3n) is 3.68. The molecule has 1 N–H and O–H groups in total. The van der Waals surface area contributed by atoms with E-state index in [1.165, 1.54) is 4.90 Å². The number of rotatable bonds is 0. The Morgan fingerprint density at radius 3 is 2.83 bits per heavy atom. The lowest BCUT2D eigenvalue weighted by atomic mass is 9.87. The van der Waals surface area contributed by atoms with Gasteiger partial charge in [-0.25, -0.2) is 9.78 Å². The van der Waals surface area contributed by atoms with Gasteiger partial charge in [0.15, 0.2) is 0 Å². The van der Waals surface area contributed by atoms with Gasteiger partial charge in [0.25, 0.3) is 0 Å². The van der Waals surface area contributed by atoms with E-state index in [1.54, 1.807) is 0 Å². The van der Waals surface area contributed by atoms with E-state index in [-0.39, 0.29) is 5.60 Å². The number of pyridine rings is 1. The van der Waals surface area contributed by atoms with Gasteiger partial charge in [0.05, 0.1) is 0 Å². The van der Waals surface area contributed by atoms with Gasteiger partial charge in [0, 0.05) is 37.9 Å². The van der Waals surface area contributed by atoms with Crippen LogP contribution in [0.5, 0.6) is 5.88 Å². The fourth-order valence-electron chi connectivity index (χ4n) is 2.64. The van der Waals surface area contributed by atoms with Crippen LogP contribution in [-0.2, 0) is 6.42 Å². The van der Waals surface area contributed by atoms with Crippen LogP contribution in [0.2, 0.25) is 0 Å². The highest BCUT2D eigenvalue weighted by atomic mass is 79.9. The number of hydrogen-bond donors (Lipinski definition) is 1. The molecule has 0 radical (unpaired) electrons. The lowest BCUT2D eigenvalue weighted by molar-refractivity contribution is 0.0198. The number of amides is 1. The first-order valence-electron chi connectivity index (χ1n) is 5.90. The van der Waals surface area contributed by atoms with Crippen molar-refractivity contribution in [1.29, 1.82) is 0 Å². The van der Waals surface area contributed by atoms with Gasteiger partial charge in [0.2, 0.25) is 5.88 Å². The van der Waals surface area contributed by atoms with Crippen LogP contribution in [0.3, 0.4) is 0 Å². The standard InChI is InChI=1S/C12H13BrN2O3/c13-9-2-1-8-7-12(18-10(8)14-9)3-5-15(6-4-12)11(16)17/h1-2H,3-7H2,(H,16,17). The van der Waals surface area contributed by atoms with Crippen LogP contribution in [0.4, 0.5) is 4.79 Å². The SMILES string of the molecule is O=C(O)N1CCC2(CC1)Cc1ccc(Br)nc1O2. The molecule has 96 valence electrons. The maximum absolute atomic E-state index is 10.9. The Kier molecular flexibility index (Phi) is 2.69. The monoisotopic (exact) mass is 312 g/mol. The van der Waals surface area contributed by atoms with Crippen LogP contribution in [0.25, 0.3) is 0 Å². The summed E-state index contributed by atoms with van der Waals surface area (Å²) in [6.07, 6.45) is 1.44. The summed E-state index contributed by atoms with van der Waals surface area (Å²) in [6, 6.07) is 3.93. The lowest BCUT2D eigenvalue weighted by Gasteiger charge is -2.37. The Hall–Kier alpha value is -1.30. The highest BCUT2D eigenvalue weighted by Gasteiger charge is 2.43. The minimum atomic E-state index is -0.846. The molecule has 2 aliphatic heterocycles. The van der Waals surface area contributed by atoms with Crippen molar-refractivity contribution >= 4 is 22.0 Å². The number of carboxylic acid groups (broad SMARTS) is 1. The fraction of sp³-hybridized carbons (Fsp3) is 0.500. The molecule has 1 saturated heterocycles. The first-order valence-corrected chi connectivity index (χ1v) is 6.70. The number of aromatic nitrogens is 1. The highest BCUT2D eigenvalue weighted by Crippen LogP contribution is 2.40. The molecule has 5 nitrogen and oxygen atoms in total. The van der Waals surface area contributed by atoms with Crippen LogP contribution in [-0.4, -0.2) is 39.8 Å². The third kappa shape index (κ3) is 1.94. The Balaban J connectivity index is 1.76. The number of nitrogens with zero attached hydrogens (tertiary/aromatic N) is 2. The summed E-state index contributed by atoms with van der Waals surface area (Å²) in [7, 11) is 0. The van der Waals surface area contributed by atoms with E-state index < -0.39 is 6.09 Å². The van der Waals surface area contributed by atoms with Crippen molar-refractivity contribution < 1.29 is 14.6 Å². The van der Waals surface area contributed by atoms with E-state index in [4.69, 9.17) is 9.84 Å². The summed E-state index contributed by atoms with van der Waals surface area (Å²) in [6.45, 7) is 1.06. The van der Waals surface area contributed by atoms with Crippen molar-refractivity contribution in [2.45, 2.75) is 24.9 Å². The molecule has 3 heterocycles. The zero-order valence-electron chi connectivity index (χ0n) is 9.73. The molecule has 1 amide bonds. The molecular formula is C12H13BrN2O3. The van der Waals surface area contributed by atoms with Crippen molar-refractivity contribution in [1.82, 2.24) is 9.88 Å². The van der Waals surface area contributed by atoms with Crippen LogP contribution in [0.1, 0.15) is 18.4 Å². The van der Waals surface area contributed by atoms with Crippen molar-refractivity contribution in [2.24, 2.45) is 0 Å². The predicted octanol–water partition coefficient (Wildman–Crippen LogP) is 2.29. The maximum Gasteiger partial charge on any atom is 0.407 e. The number of ether oxygens (including phenoxy) is 1. The van der Waals surface area contributed by atoms with Crippen LogP contribution < -0.4 is 4.74 Å². The second kappa shape index (κ2) is 4.12. The minimum absolute atomic E-state index is 0.248. The van der Waals surface area contributed by atoms with E-state index in [0.29, 0.717) is 19.0 Å². The Morgan fingerprint density at radius 1 is 1.44 bits per heavy atom. The first-order chi connectivity index (χ1) is 8.58. The number of halogens is 1. The molecule has 0 unspecified atom stereocenters. The number of piperidine rings is 1. The van der Waals surface area contributed by atoms with Gasteiger partial charge in [-0.2, -0.15) is 0 Å². The predicted molar refractivity (Wildman–Crippen MR) is 67.8 cm³/mol. The average Bonchev–Trinajstić information content (AvgIpc) is 2.66. The molecule has 3 rings (SSSR count). The van der Waals surface area contributed by atoms with Gasteiger partial charge in [-0.3, -0.25) is 0 Å². The van der Waals surface area contributed by atoms with E-state index >= 15 is 0 Å². The summed E-state index contributed by atoms with van der Waals surface area (Å²) in [5.74, 6) is 0.688. The number of hydrogen-bond acceptors (Lipinski definition) is 3. The minimum Gasteiger partial charge on any atom is -0.470 e. The molecule has 1 fully saturated rings. The fourth-order valence-corrected chi connectivity index (χ4v) is 2.94. The first kappa shape index (κ1) is 11.8. The number of fused-ring (bicyclic) bond motifs is 1. The normalized spacial score (nSPS) is 20.6. The largest absolute Gasteiger partial charge is 0.470 e. The molecule has 0 aromatic carbocycles. The Bertz CT molecular complexity index is 498. The summed E-state index contributed by atoms with van der Waals surface area (Å²) in [5, 5.41) is 8.95. The van der Waals surface area contributed by atoms with Gasteiger partial charge >= 0.3 is 6.09 Å². The second-order valence-corrected chi connectivity index (χ2v) is 5.64.